The smallest absolute Gasteiger partial charge is 0.165 e. The van der Waals surface area contributed by atoms with E-state index in [1.807, 2.05) is 19.9 Å². The maximum absolute atomic E-state index is 13.8. The number of ether oxygens (including phenoxy) is 1. The van der Waals surface area contributed by atoms with Crippen molar-refractivity contribution < 1.29 is 9.13 Å². The van der Waals surface area contributed by atoms with Crippen LogP contribution in [0.1, 0.15) is 39.2 Å². The SMILES string of the molecule is CCCNCc1ccc(OCCC(C)(C)C#N)c(F)c1. The molecule has 1 N–H and O–H groups in total. The largest absolute Gasteiger partial charge is 0.490 e. The molecule has 0 unspecified atom stereocenters. The van der Waals surface area contributed by atoms with E-state index in [1.54, 1.807) is 6.07 Å². The third kappa shape index (κ3) is 5.58. The Labute approximate surface area is 120 Å². The first-order chi connectivity index (χ1) is 9.48. The van der Waals surface area contributed by atoms with Crippen LogP contribution in [-0.2, 0) is 6.54 Å². The quantitative estimate of drug-likeness (QED) is 0.738. The van der Waals surface area contributed by atoms with Gasteiger partial charge in [-0.05, 0) is 50.9 Å². The van der Waals surface area contributed by atoms with Crippen LogP contribution in [0.4, 0.5) is 4.39 Å². The predicted octanol–water partition coefficient (Wildman–Crippen LogP) is 3.64. The van der Waals surface area contributed by atoms with Gasteiger partial charge in [0.15, 0.2) is 11.6 Å². The summed E-state index contributed by atoms with van der Waals surface area (Å²) in [6.07, 6.45) is 1.63. The van der Waals surface area contributed by atoms with Crippen molar-refractivity contribution in [2.24, 2.45) is 5.41 Å². The lowest BCUT2D eigenvalue weighted by atomic mass is 9.92. The molecule has 0 radical (unpaired) electrons. The van der Waals surface area contributed by atoms with Gasteiger partial charge in [-0.1, -0.05) is 13.0 Å². The van der Waals surface area contributed by atoms with E-state index in [2.05, 4.69) is 18.3 Å². The van der Waals surface area contributed by atoms with E-state index in [0.29, 0.717) is 19.6 Å². The molecule has 1 rings (SSSR count). The number of nitrogens with zero attached hydrogens (tertiary/aromatic N) is 1. The van der Waals surface area contributed by atoms with Crippen LogP contribution in [0.15, 0.2) is 18.2 Å². The Balaban J connectivity index is 2.50. The van der Waals surface area contributed by atoms with Gasteiger partial charge in [0, 0.05) is 6.54 Å². The summed E-state index contributed by atoms with van der Waals surface area (Å²) < 4.78 is 19.3. The maximum atomic E-state index is 13.8. The minimum absolute atomic E-state index is 0.248. The van der Waals surface area contributed by atoms with Gasteiger partial charge < -0.3 is 10.1 Å². The Kier molecular flexibility index (Phi) is 6.47. The van der Waals surface area contributed by atoms with Crippen molar-refractivity contribution in [1.82, 2.24) is 5.32 Å². The minimum atomic E-state index is -0.444. The molecule has 0 spiro atoms. The van der Waals surface area contributed by atoms with Gasteiger partial charge in [-0.25, -0.2) is 4.39 Å². The molecule has 1 aromatic rings. The molecule has 20 heavy (non-hydrogen) atoms. The molecular formula is C16H23FN2O. The first-order valence-electron chi connectivity index (χ1n) is 7.01. The molecule has 0 bridgehead atoms. The van der Waals surface area contributed by atoms with E-state index >= 15 is 0 Å². The minimum Gasteiger partial charge on any atom is -0.490 e. The highest BCUT2D eigenvalue weighted by Crippen LogP contribution is 2.22. The summed E-state index contributed by atoms with van der Waals surface area (Å²) in [6, 6.07) is 7.20. The molecule has 1 aromatic carbocycles. The van der Waals surface area contributed by atoms with E-state index in [-0.39, 0.29) is 11.6 Å². The molecule has 0 fully saturated rings. The number of nitriles is 1. The Morgan fingerprint density at radius 2 is 2.15 bits per heavy atom. The fourth-order valence-corrected chi connectivity index (χ4v) is 1.65. The first kappa shape index (κ1) is 16.5. The Hall–Kier alpha value is -1.60. The van der Waals surface area contributed by atoms with Gasteiger partial charge in [-0.2, -0.15) is 5.26 Å². The van der Waals surface area contributed by atoms with Crippen molar-refractivity contribution in [1.29, 1.82) is 5.26 Å². The summed E-state index contributed by atoms with van der Waals surface area (Å²) in [7, 11) is 0. The van der Waals surface area contributed by atoms with Crippen molar-refractivity contribution in [3.05, 3.63) is 29.6 Å². The Bertz CT molecular complexity index is 466. The van der Waals surface area contributed by atoms with Gasteiger partial charge in [0.25, 0.3) is 0 Å². The van der Waals surface area contributed by atoms with Gasteiger partial charge in [-0.3, -0.25) is 0 Å². The zero-order valence-electron chi connectivity index (χ0n) is 12.5. The predicted molar refractivity (Wildman–Crippen MR) is 77.9 cm³/mol. The highest BCUT2D eigenvalue weighted by Gasteiger charge is 2.16. The summed E-state index contributed by atoms with van der Waals surface area (Å²) in [4.78, 5) is 0. The molecule has 0 aliphatic rings. The van der Waals surface area contributed by atoms with Gasteiger partial charge in [0.2, 0.25) is 0 Å². The lowest BCUT2D eigenvalue weighted by molar-refractivity contribution is 0.254. The maximum Gasteiger partial charge on any atom is 0.165 e. The lowest BCUT2D eigenvalue weighted by Gasteiger charge is -2.15. The number of halogens is 1. The molecule has 3 nitrogen and oxygen atoms in total. The first-order valence-corrected chi connectivity index (χ1v) is 7.01. The van der Waals surface area contributed by atoms with Crippen LogP contribution >= 0.6 is 0 Å². The average molecular weight is 278 g/mol. The molecular weight excluding hydrogens is 255 g/mol. The molecule has 0 saturated heterocycles. The van der Waals surface area contributed by atoms with Crippen molar-refractivity contribution >= 4 is 0 Å². The Morgan fingerprint density at radius 3 is 2.75 bits per heavy atom. The van der Waals surface area contributed by atoms with Crippen LogP contribution in [0.2, 0.25) is 0 Å². The second kappa shape index (κ2) is 7.86. The number of hydrogen-bond acceptors (Lipinski definition) is 3. The van der Waals surface area contributed by atoms with Gasteiger partial charge in [0.1, 0.15) is 0 Å². The molecule has 0 aliphatic heterocycles. The number of benzene rings is 1. The normalized spacial score (nSPS) is 11.2. The van der Waals surface area contributed by atoms with Crippen LogP contribution in [0.25, 0.3) is 0 Å². The highest BCUT2D eigenvalue weighted by molar-refractivity contribution is 5.29. The van der Waals surface area contributed by atoms with Crippen LogP contribution in [0, 0.1) is 22.6 Å². The van der Waals surface area contributed by atoms with E-state index in [1.165, 1.54) is 6.07 Å². The van der Waals surface area contributed by atoms with Gasteiger partial charge in [0.05, 0.1) is 18.1 Å². The van der Waals surface area contributed by atoms with Crippen LogP contribution in [0.5, 0.6) is 5.75 Å². The Morgan fingerprint density at radius 1 is 1.40 bits per heavy atom. The van der Waals surface area contributed by atoms with E-state index < -0.39 is 5.41 Å². The molecule has 0 amide bonds. The fraction of sp³-hybridized carbons (Fsp3) is 0.562. The fourth-order valence-electron chi connectivity index (χ4n) is 1.65. The van der Waals surface area contributed by atoms with Gasteiger partial charge >= 0.3 is 0 Å². The van der Waals surface area contributed by atoms with Crippen molar-refractivity contribution in [2.75, 3.05) is 13.2 Å². The zero-order chi connectivity index (χ0) is 15.0. The van der Waals surface area contributed by atoms with Crippen molar-refractivity contribution in [2.45, 2.75) is 40.2 Å². The van der Waals surface area contributed by atoms with Crippen LogP contribution < -0.4 is 10.1 Å². The second-order valence-electron chi connectivity index (χ2n) is 5.54. The summed E-state index contributed by atoms with van der Waals surface area (Å²) in [5.41, 5.74) is 0.459. The van der Waals surface area contributed by atoms with Gasteiger partial charge in [-0.15, -0.1) is 0 Å². The number of hydrogen-bond donors (Lipinski definition) is 1. The third-order valence-corrected chi connectivity index (χ3v) is 3.04. The van der Waals surface area contributed by atoms with Crippen molar-refractivity contribution in [3.8, 4) is 11.8 Å². The van der Waals surface area contributed by atoms with E-state index in [9.17, 15) is 4.39 Å². The monoisotopic (exact) mass is 278 g/mol. The molecule has 0 aliphatic carbocycles. The standard InChI is InChI=1S/C16H23FN2O/c1-4-8-19-11-13-5-6-15(14(17)10-13)20-9-7-16(2,3)12-18/h5-6,10,19H,4,7-9,11H2,1-3H3. The molecule has 0 saturated carbocycles. The number of rotatable bonds is 8. The summed E-state index contributed by atoms with van der Waals surface area (Å²) in [6.45, 7) is 7.69. The van der Waals surface area contributed by atoms with Crippen LogP contribution in [0.3, 0.4) is 0 Å². The average Bonchev–Trinajstić information content (AvgIpc) is 2.41. The molecule has 0 heterocycles. The van der Waals surface area contributed by atoms with Crippen molar-refractivity contribution in [3.63, 3.8) is 0 Å². The number of nitrogens with one attached hydrogen (secondary N) is 1. The summed E-state index contributed by atoms with van der Waals surface area (Å²) >= 11 is 0. The van der Waals surface area contributed by atoms with E-state index in [0.717, 1.165) is 18.5 Å². The molecule has 0 atom stereocenters. The second-order valence-corrected chi connectivity index (χ2v) is 5.54. The zero-order valence-corrected chi connectivity index (χ0v) is 12.5. The summed E-state index contributed by atoms with van der Waals surface area (Å²) in [5.74, 6) is -0.103. The van der Waals surface area contributed by atoms with Crippen LogP contribution in [-0.4, -0.2) is 13.2 Å². The lowest BCUT2D eigenvalue weighted by Crippen LogP contribution is -2.14. The molecule has 4 heteroatoms. The highest BCUT2D eigenvalue weighted by atomic mass is 19.1. The summed E-state index contributed by atoms with van der Waals surface area (Å²) in [5, 5.41) is 12.1. The van der Waals surface area contributed by atoms with E-state index in [4.69, 9.17) is 10.00 Å². The molecule has 110 valence electrons. The third-order valence-electron chi connectivity index (χ3n) is 3.04. The molecule has 0 aromatic heterocycles. The topological polar surface area (TPSA) is 45.0 Å².